The minimum absolute atomic E-state index is 0.621. The van der Waals surface area contributed by atoms with Crippen LogP contribution < -0.4 is 10.1 Å². The zero-order chi connectivity index (χ0) is 12.8. The van der Waals surface area contributed by atoms with Gasteiger partial charge in [-0.25, -0.2) is 0 Å². The summed E-state index contributed by atoms with van der Waals surface area (Å²) in [7, 11) is 0. The molecule has 0 fully saturated rings. The van der Waals surface area contributed by atoms with Gasteiger partial charge in [0.25, 0.3) is 0 Å². The normalized spacial score (nSPS) is 10.1. The van der Waals surface area contributed by atoms with E-state index in [2.05, 4.69) is 24.4 Å². The van der Waals surface area contributed by atoms with Crippen molar-refractivity contribution in [1.29, 1.82) is 0 Å². The highest BCUT2D eigenvalue weighted by Crippen LogP contribution is 2.16. The summed E-state index contributed by atoms with van der Waals surface area (Å²) in [5.74, 6) is 0.839. The first-order chi connectivity index (χ1) is 8.75. The van der Waals surface area contributed by atoms with Gasteiger partial charge >= 0.3 is 0 Å². The summed E-state index contributed by atoms with van der Waals surface area (Å²) in [5.41, 5.74) is 2.39. The molecule has 0 atom stereocenters. The molecule has 0 aromatic heterocycles. The van der Waals surface area contributed by atoms with Gasteiger partial charge in [-0.15, -0.1) is 0 Å². The maximum absolute atomic E-state index is 5.80. The molecule has 0 amide bonds. The van der Waals surface area contributed by atoms with E-state index in [0.717, 1.165) is 23.0 Å². The van der Waals surface area contributed by atoms with Crippen LogP contribution in [0.15, 0.2) is 48.5 Å². The number of benzene rings is 2. The smallest absolute Gasteiger partial charge is 0.119 e. The van der Waals surface area contributed by atoms with Gasteiger partial charge in [0, 0.05) is 17.3 Å². The van der Waals surface area contributed by atoms with Crippen LogP contribution in [0.25, 0.3) is 0 Å². The molecule has 0 aliphatic rings. The number of rotatable bonds is 5. The zero-order valence-electron chi connectivity index (χ0n) is 10.3. The first kappa shape index (κ1) is 12.8. The predicted octanol–water partition coefficient (Wildman–Crippen LogP) is 4.14. The minimum Gasteiger partial charge on any atom is -0.492 e. The van der Waals surface area contributed by atoms with Crippen LogP contribution in [0.2, 0.25) is 5.02 Å². The Balaban J connectivity index is 1.76. The van der Waals surface area contributed by atoms with Crippen LogP contribution in [-0.4, -0.2) is 13.2 Å². The third kappa shape index (κ3) is 3.67. The first-order valence-corrected chi connectivity index (χ1v) is 6.31. The average molecular weight is 262 g/mol. The molecule has 0 radical (unpaired) electrons. The SMILES string of the molecule is Cc1ccccc1NCCOc1ccc(Cl)cc1. The fraction of sp³-hybridized carbons (Fsp3) is 0.200. The zero-order valence-corrected chi connectivity index (χ0v) is 11.1. The molecule has 2 aromatic rings. The molecule has 18 heavy (non-hydrogen) atoms. The molecular weight excluding hydrogens is 246 g/mol. The van der Waals surface area contributed by atoms with Crippen LogP contribution >= 0.6 is 11.6 Å². The lowest BCUT2D eigenvalue weighted by Crippen LogP contribution is -2.12. The summed E-state index contributed by atoms with van der Waals surface area (Å²) in [6.45, 7) is 3.48. The van der Waals surface area contributed by atoms with Crippen LogP contribution in [0.1, 0.15) is 5.56 Å². The van der Waals surface area contributed by atoms with E-state index in [-0.39, 0.29) is 0 Å². The summed E-state index contributed by atoms with van der Waals surface area (Å²) in [6, 6.07) is 15.6. The van der Waals surface area contributed by atoms with Gasteiger partial charge in [0.2, 0.25) is 0 Å². The Bertz CT molecular complexity index is 496. The third-order valence-corrected chi connectivity index (χ3v) is 2.90. The maximum atomic E-state index is 5.80. The second kappa shape index (κ2) is 6.31. The lowest BCUT2D eigenvalue weighted by molar-refractivity contribution is 0.333. The van der Waals surface area contributed by atoms with Crippen molar-refractivity contribution in [2.24, 2.45) is 0 Å². The number of halogens is 1. The van der Waals surface area contributed by atoms with Crippen LogP contribution in [-0.2, 0) is 0 Å². The van der Waals surface area contributed by atoms with Crippen molar-refractivity contribution in [1.82, 2.24) is 0 Å². The molecule has 0 bridgehead atoms. The Morgan fingerprint density at radius 3 is 2.50 bits per heavy atom. The van der Waals surface area contributed by atoms with Gasteiger partial charge in [-0.05, 0) is 42.8 Å². The lowest BCUT2D eigenvalue weighted by atomic mass is 10.2. The Morgan fingerprint density at radius 1 is 1.06 bits per heavy atom. The molecule has 0 aliphatic heterocycles. The second-order valence-electron chi connectivity index (χ2n) is 4.04. The summed E-state index contributed by atoms with van der Waals surface area (Å²) in [6.07, 6.45) is 0. The van der Waals surface area contributed by atoms with Gasteiger partial charge in [0.15, 0.2) is 0 Å². The Kier molecular flexibility index (Phi) is 4.48. The van der Waals surface area contributed by atoms with E-state index in [1.54, 1.807) is 0 Å². The predicted molar refractivity (Wildman–Crippen MR) is 76.6 cm³/mol. The van der Waals surface area contributed by atoms with Crippen molar-refractivity contribution >= 4 is 17.3 Å². The molecule has 2 nitrogen and oxygen atoms in total. The van der Waals surface area contributed by atoms with E-state index in [1.165, 1.54) is 5.56 Å². The molecule has 1 N–H and O–H groups in total. The standard InChI is InChI=1S/C15H16ClNO/c1-12-4-2-3-5-15(12)17-10-11-18-14-8-6-13(16)7-9-14/h2-9,17H,10-11H2,1H3. The van der Waals surface area contributed by atoms with Crippen molar-refractivity contribution in [3.63, 3.8) is 0 Å². The van der Waals surface area contributed by atoms with Crippen LogP contribution in [0.3, 0.4) is 0 Å². The molecule has 2 aromatic carbocycles. The Hall–Kier alpha value is -1.67. The van der Waals surface area contributed by atoms with E-state index in [1.807, 2.05) is 36.4 Å². The van der Waals surface area contributed by atoms with Gasteiger partial charge in [-0.2, -0.15) is 0 Å². The highest BCUT2D eigenvalue weighted by Gasteiger charge is 1.96. The molecule has 94 valence electrons. The van der Waals surface area contributed by atoms with E-state index in [4.69, 9.17) is 16.3 Å². The van der Waals surface area contributed by atoms with Crippen molar-refractivity contribution in [3.05, 3.63) is 59.1 Å². The summed E-state index contributed by atoms with van der Waals surface area (Å²) < 4.78 is 5.60. The average Bonchev–Trinajstić information content (AvgIpc) is 2.39. The fourth-order valence-electron chi connectivity index (χ4n) is 1.66. The highest BCUT2D eigenvalue weighted by molar-refractivity contribution is 6.30. The lowest BCUT2D eigenvalue weighted by Gasteiger charge is -2.10. The molecule has 0 spiro atoms. The third-order valence-electron chi connectivity index (χ3n) is 2.64. The summed E-state index contributed by atoms with van der Waals surface area (Å²) in [4.78, 5) is 0. The Labute approximate surface area is 113 Å². The monoisotopic (exact) mass is 261 g/mol. The molecule has 2 rings (SSSR count). The van der Waals surface area contributed by atoms with Gasteiger partial charge in [-0.3, -0.25) is 0 Å². The van der Waals surface area contributed by atoms with E-state index < -0.39 is 0 Å². The molecular formula is C15H16ClNO. The van der Waals surface area contributed by atoms with Gasteiger partial charge in [0.05, 0.1) is 0 Å². The quantitative estimate of drug-likeness (QED) is 0.817. The number of ether oxygens (including phenoxy) is 1. The molecule has 0 aliphatic carbocycles. The van der Waals surface area contributed by atoms with Crippen LogP contribution in [0.4, 0.5) is 5.69 Å². The van der Waals surface area contributed by atoms with Crippen LogP contribution in [0, 0.1) is 6.92 Å². The van der Waals surface area contributed by atoms with Crippen molar-refractivity contribution in [3.8, 4) is 5.75 Å². The molecule has 0 saturated carbocycles. The maximum Gasteiger partial charge on any atom is 0.119 e. The Morgan fingerprint density at radius 2 is 1.78 bits per heavy atom. The number of hydrogen-bond donors (Lipinski definition) is 1. The van der Waals surface area contributed by atoms with Crippen LogP contribution in [0.5, 0.6) is 5.75 Å². The molecule has 3 heteroatoms. The number of para-hydroxylation sites is 1. The van der Waals surface area contributed by atoms with Gasteiger partial charge in [-0.1, -0.05) is 29.8 Å². The minimum atomic E-state index is 0.621. The van der Waals surface area contributed by atoms with E-state index >= 15 is 0 Å². The summed E-state index contributed by atoms with van der Waals surface area (Å²) in [5, 5.41) is 4.07. The number of anilines is 1. The summed E-state index contributed by atoms with van der Waals surface area (Å²) >= 11 is 5.80. The number of aryl methyl sites for hydroxylation is 1. The topological polar surface area (TPSA) is 21.3 Å². The largest absolute Gasteiger partial charge is 0.492 e. The fourth-order valence-corrected chi connectivity index (χ4v) is 1.78. The van der Waals surface area contributed by atoms with Gasteiger partial charge < -0.3 is 10.1 Å². The number of nitrogens with one attached hydrogen (secondary N) is 1. The first-order valence-electron chi connectivity index (χ1n) is 5.93. The molecule has 0 heterocycles. The molecule has 0 unspecified atom stereocenters. The van der Waals surface area contributed by atoms with Crippen molar-refractivity contribution in [2.45, 2.75) is 6.92 Å². The van der Waals surface area contributed by atoms with Crippen molar-refractivity contribution < 1.29 is 4.74 Å². The van der Waals surface area contributed by atoms with Gasteiger partial charge in [0.1, 0.15) is 12.4 Å². The molecule has 0 saturated heterocycles. The second-order valence-corrected chi connectivity index (χ2v) is 4.48. The van der Waals surface area contributed by atoms with E-state index in [9.17, 15) is 0 Å². The highest BCUT2D eigenvalue weighted by atomic mass is 35.5. The van der Waals surface area contributed by atoms with E-state index in [0.29, 0.717) is 6.61 Å². The number of hydrogen-bond acceptors (Lipinski definition) is 2. The van der Waals surface area contributed by atoms with Crippen molar-refractivity contribution in [2.75, 3.05) is 18.5 Å².